The molecule has 0 saturated carbocycles. The average Bonchev–Trinajstić information content (AvgIpc) is 3.55. The number of aromatic nitrogens is 7. The van der Waals surface area contributed by atoms with Crippen LogP contribution in [0, 0.1) is 6.92 Å². The van der Waals surface area contributed by atoms with Crippen LogP contribution in [0.25, 0.3) is 28.1 Å². The quantitative estimate of drug-likeness (QED) is 0.347. The molecule has 37 heavy (non-hydrogen) atoms. The second-order valence-corrected chi connectivity index (χ2v) is 8.57. The second-order valence-electron chi connectivity index (χ2n) is 8.20. The first-order valence-corrected chi connectivity index (χ1v) is 11.5. The third-order valence-electron chi connectivity index (χ3n) is 5.67. The van der Waals surface area contributed by atoms with Gasteiger partial charge in [-0.3, -0.25) is 10.1 Å². The molecule has 3 aromatic heterocycles. The molecule has 2 aromatic carbocycles. The maximum Gasteiger partial charge on any atom is 0.411 e. The Hall–Kier alpha value is -4.77. The summed E-state index contributed by atoms with van der Waals surface area (Å²) in [4.78, 5) is 32.0. The Balaban J connectivity index is 1.39. The smallest absolute Gasteiger partial charge is 0.411 e. The number of nitrogens with zero attached hydrogens (tertiary/aromatic N) is 6. The van der Waals surface area contributed by atoms with Gasteiger partial charge in [0.05, 0.1) is 19.3 Å². The number of pyridine rings is 1. The summed E-state index contributed by atoms with van der Waals surface area (Å²) in [5, 5.41) is 14.3. The first-order chi connectivity index (χ1) is 17.9. The van der Waals surface area contributed by atoms with Crippen molar-refractivity contribution < 1.29 is 9.53 Å². The van der Waals surface area contributed by atoms with Gasteiger partial charge in [-0.2, -0.15) is 4.68 Å². The molecular formula is C25H21ClN8O3. The highest BCUT2D eigenvalue weighted by molar-refractivity contribution is 6.31. The molecule has 0 atom stereocenters. The van der Waals surface area contributed by atoms with Crippen LogP contribution in [0.3, 0.4) is 0 Å². The summed E-state index contributed by atoms with van der Waals surface area (Å²) in [5.74, 6) is 0.525. The van der Waals surface area contributed by atoms with Gasteiger partial charge in [0.25, 0.3) is 5.56 Å². The first-order valence-electron chi connectivity index (χ1n) is 11.2. The van der Waals surface area contributed by atoms with Crippen molar-refractivity contribution >= 4 is 23.4 Å². The predicted molar refractivity (Wildman–Crippen MR) is 138 cm³/mol. The summed E-state index contributed by atoms with van der Waals surface area (Å²) in [6, 6.07) is 16.3. The Kier molecular flexibility index (Phi) is 6.52. The number of H-pyrrole nitrogens is 1. The molecule has 12 heteroatoms. The van der Waals surface area contributed by atoms with Gasteiger partial charge in [0.2, 0.25) is 0 Å². The Morgan fingerprint density at radius 3 is 2.62 bits per heavy atom. The van der Waals surface area contributed by atoms with Crippen LogP contribution >= 0.6 is 11.6 Å². The van der Waals surface area contributed by atoms with Crippen LogP contribution in [0.15, 0.2) is 71.9 Å². The molecule has 0 radical (unpaired) electrons. The lowest BCUT2D eigenvalue weighted by Crippen LogP contribution is -2.20. The zero-order valence-corrected chi connectivity index (χ0v) is 20.6. The van der Waals surface area contributed by atoms with Gasteiger partial charge in [0.15, 0.2) is 0 Å². The number of rotatable bonds is 6. The number of anilines is 1. The third kappa shape index (κ3) is 5.11. The second kappa shape index (κ2) is 10.1. The predicted octanol–water partition coefficient (Wildman–Crippen LogP) is 4.07. The highest BCUT2D eigenvalue weighted by Crippen LogP contribution is 2.28. The van der Waals surface area contributed by atoms with Crippen molar-refractivity contribution in [1.82, 2.24) is 34.7 Å². The minimum atomic E-state index is -0.557. The van der Waals surface area contributed by atoms with Gasteiger partial charge in [-0.15, -0.1) is 5.10 Å². The zero-order chi connectivity index (χ0) is 25.9. The van der Waals surface area contributed by atoms with Gasteiger partial charge in [0.1, 0.15) is 23.0 Å². The monoisotopic (exact) mass is 516 g/mol. The average molecular weight is 517 g/mol. The van der Waals surface area contributed by atoms with E-state index in [0.717, 1.165) is 27.9 Å². The molecule has 3 heterocycles. The minimum Gasteiger partial charge on any atom is -0.453 e. The highest BCUT2D eigenvalue weighted by Gasteiger charge is 2.14. The molecule has 0 aliphatic carbocycles. The van der Waals surface area contributed by atoms with Gasteiger partial charge < -0.3 is 14.3 Å². The number of imidazole rings is 1. The fourth-order valence-corrected chi connectivity index (χ4v) is 4.12. The van der Waals surface area contributed by atoms with Crippen molar-refractivity contribution in [3.8, 4) is 28.1 Å². The van der Waals surface area contributed by atoms with Crippen molar-refractivity contribution in [3.05, 3.63) is 94.0 Å². The summed E-state index contributed by atoms with van der Waals surface area (Å²) < 4.78 is 7.69. The third-order valence-corrected chi connectivity index (χ3v) is 5.95. The maximum absolute atomic E-state index is 13.0. The Morgan fingerprint density at radius 2 is 1.92 bits per heavy atom. The van der Waals surface area contributed by atoms with E-state index in [2.05, 4.69) is 35.5 Å². The van der Waals surface area contributed by atoms with E-state index in [-0.39, 0.29) is 12.1 Å². The van der Waals surface area contributed by atoms with Crippen LogP contribution in [0.4, 0.5) is 10.5 Å². The summed E-state index contributed by atoms with van der Waals surface area (Å²) in [5.41, 5.74) is 5.06. The van der Waals surface area contributed by atoms with Crippen molar-refractivity contribution in [3.63, 3.8) is 0 Å². The number of nitrogens with one attached hydrogen (secondary N) is 2. The van der Waals surface area contributed by atoms with Crippen LogP contribution < -0.4 is 10.9 Å². The fourth-order valence-electron chi connectivity index (χ4n) is 3.86. The van der Waals surface area contributed by atoms with Crippen molar-refractivity contribution in [1.29, 1.82) is 0 Å². The molecule has 11 nitrogen and oxygen atoms in total. The minimum absolute atomic E-state index is 0.200. The molecule has 0 unspecified atom stereocenters. The summed E-state index contributed by atoms with van der Waals surface area (Å²) >= 11 is 6.40. The first kappa shape index (κ1) is 23.9. The molecule has 5 rings (SSSR count). The van der Waals surface area contributed by atoms with E-state index in [0.29, 0.717) is 22.4 Å². The van der Waals surface area contributed by atoms with Crippen LogP contribution in [-0.4, -0.2) is 47.9 Å². The molecule has 0 fully saturated rings. The van der Waals surface area contributed by atoms with Gasteiger partial charge in [0, 0.05) is 29.1 Å². The number of tetrazole rings is 1. The van der Waals surface area contributed by atoms with E-state index in [4.69, 9.17) is 11.6 Å². The molecule has 0 aliphatic heterocycles. The summed E-state index contributed by atoms with van der Waals surface area (Å²) in [6.07, 6.45) is 2.67. The molecule has 1 amide bonds. The van der Waals surface area contributed by atoms with Gasteiger partial charge in [-0.1, -0.05) is 35.4 Å². The largest absolute Gasteiger partial charge is 0.453 e. The van der Waals surface area contributed by atoms with Gasteiger partial charge in [-0.05, 0) is 53.2 Å². The zero-order valence-electron chi connectivity index (χ0n) is 19.8. The number of aryl methyl sites for hydroxylation is 1. The van der Waals surface area contributed by atoms with Crippen LogP contribution in [0.2, 0.25) is 5.15 Å². The maximum atomic E-state index is 13.0. The topological polar surface area (TPSA) is 133 Å². The number of halogens is 1. The standard InChI is InChI=1S/C25H21ClN8O3/c1-15-3-8-20(34-14-27-31-32-34)19(11-15)17-9-10-33(22(35)12-17)13-21-29-23(24(26)30-21)16-4-6-18(7-5-16)28-25(36)37-2/h3-12,14H,13H2,1-2H3,(H,28,36)(H,29,30). The van der Waals surface area contributed by atoms with E-state index < -0.39 is 6.09 Å². The van der Waals surface area contributed by atoms with Crippen molar-refractivity contribution in [2.75, 3.05) is 12.4 Å². The normalized spacial score (nSPS) is 10.9. The van der Waals surface area contributed by atoms with E-state index >= 15 is 0 Å². The summed E-state index contributed by atoms with van der Waals surface area (Å²) in [6.45, 7) is 2.18. The lowest BCUT2D eigenvalue weighted by Gasteiger charge is -2.11. The van der Waals surface area contributed by atoms with Gasteiger partial charge in [-0.25, -0.2) is 9.78 Å². The number of hydrogen-bond donors (Lipinski definition) is 2. The Morgan fingerprint density at radius 1 is 1.11 bits per heavy atom. The number of carbonyl (C=O) groups excluding carboxylic acids is 1. The van der Waals surface area contributed by atoms with E-state index in [9.17, 15) is 9.59 Å². The van der Waals surface area contributed by atoms with Gasteiger partial charge >= 0.3 is 6.09 Å². The molecule has 2 N–H and O–H groups in total. The van der Waals surface area contributed by atoms with E-state index in [1.54, 1.807) is 41.2 Å². The molecule has 0 bridgehead atoms. The molecule has 0 aliphatic rings. The molecule has 0 spiro atoms. The number of hydrogen-bond acceptors (Lipinski definition) is 7. The number of carbonyl (C=O) groups is 1. The SMILES string of the molecule is COC(=O)Nc1ccc(-c2nc(Cn3ccc(-c4cc(C)ccc4-n4cnnn4)cc3=O)[nH]c2Cl)cc1. The lowest BCUT2D eigenvalue weighted by molar-refractivity contribution is 0.187. The fraction of sp³-hybridized carbons (Fsp3) is 0.120. The number of methoxy groups -OCH3 is 1. The highest BCUT2D eigenvalue weighted by atomic mass is 35.5. The van der Waals surface area contributed by atoms with Crippen LogP contribution in [0.5, 0.6) is 0 Å². The number of aromatic amines is 1. The lowest BCUT2D eigenvalue weighted by atomic mass is 10.0. The Bertz CT molecular complexity index is 1620. The van der Waals surface area contributed by atoms with E-state index in [1.165, 1.54) is 18.0 Å². The van der Waals surface area contributed by atoms with Crippen molar-refractivity contribution in [2.45, 2.75) is 13.5 Å². The van der Waals surface area contributed by atoms with Crippen LogP contribution in [-0.2, 0) is 11.3 Å². The molecule has 186 valence electrons. The number of amides is 1. The number of ether oxygens (including phenoxy) is 1. The summed E-state index contributed by atoms with van der Waals surface area (Å²) in [7, 11) is 1.30. The molecule has 0 saturated heterocycles. The Labute approximate surface area is 215 Å². The van der Waals surface area contributed by atoms with Crippen LogP contribution in [0.1, 0.15) is 11.4 Å². The molecule has 5 aromatic rings. The number of benzene rings is 2. The van der Waals surface area contributed by atoms with Crippen molar-refractivity contribution in [2.24, 2.45) is 0 Å². The van der Waals surface area contributed by atoms with E-state index in [1.807, 2.05) is 31.2 Å². The molecular weight excluding hydrogens is 496 g/mol.